The molecule has 1 aliphatic rings. The Hall–Kier alpha value is -1.85. The first-order chi connectivity index (χ1) is 9.97. The lowest BCUT2D eigenvalue weighted by Gasteiger charge is -2.18. The highest BCUT2D eigenvalue weighted by molar-refractivity contribution is 9.12. The number of methoxy groups -OCH3 is 1. The summed E-state index contributed by atoms with van der Waals surface area (Å²) in [7, 11) is 1.45. The van der Waals surface area contributed by atoms with E-state index in [1.807, 2.05) is 0 Å². The lowest BCUT2D eigenvalue weighted by molar-refractivity contribution is 0.0990. The van der Waals surface area contributed by atoms with Gasteiger partial charge in [0.1, 0.15) is 11.5 Å². The average molecular weight is 368 g/mol. The van der Waals surface area contributed by atoms with E-state index in [2.05, 4.69) is 15.9 Å². The molecule has 21 heavy (non-hydrogen) atoms. The third kappa shape index (κ3) is 1.88. The molecule has 0 saturated heterocycles. The number of allylic oxidation sites excluding steroid dienone is 2. The van der Waals surface area contributed by atoms with Crippen molar-refractivity contribution in [2.45, 2.75) is 0 Å². The van der Waals surface area contributed by atoms with E-state index in [1.165, 1.54) is 7.11 Å². The first kappa shape index (κ1) is 14.1. The zero-order valence-electron chi connectivity index (χ0n) is 10.7. The van der Waals surface area contributed by atoms with E-state index in [0.717, 1.165) is 6.08 Å². The van der Waals surface area contributed by atoms with Crippen LogP contribution >= 0.6 is 27.5 Å². The number of hydrogen-bond donors (Lipinski definition) is 1. The monoisotopic (exact) mass is 366 g/mol. The number of phenols is 1. The SMILES string of the molecule is COc1cccc2c(Cl)c3c(c(O)c12)C(=O)C(Br)=CC3=O. The van der Waals surface area contributed by atoms with Crippen molar-refractivity contribution in [3.8, 4) is 11.5 Å². The van der Waals surface area contributed by atoms with Crippen molar-refractivity contribution in [2.75, 3.05) is 7.11 Å². The molecule has 0 amide bonds. The van der Waals surface area contributed by atoms with Gasteiger partial charge in [0.05, 0.1) is 33.1 Å². The van der Waals surface area contributed by atoms with Gasteiger partial charge in [0, 0.05) is 11.5 Å². The Morgan fingerprint density at radius 1 is 1.24 bits per heavy atom. The molecule has 0 aliphatic heterocycles. The van der Waals surface area contributed by atoms with Crippen LogP contribution in [-0.2, 0) is 0 Å². The standard InChI is InChI=1S/C15H8BrClO4/c1-21-9-4-2-3-6-10(9)15(20)12-11(13(6)17)8(18)5-7(16)14(12)19/h2-5,20H,1H3. The van der Waals surface area contributed by atoms with Crippen molar-refractivity contribution in [2.24, 2.45) is 0 Å². The molecule has 0 aromatic heterocycles. The Morgan fingerprint density at radius 2 is 1.95 bits per heavy atom. The third-order valence-corrected chi connectivity index (χ3v) is 4.36. The zero-order valence-corrected chi connectivity index (χ0v) is 13.1. The molecule has 0 atom stereocenters. The molecule has 0 saturated carbocycles. The predicted molar refractivity (Wildman–Crippen MR) is 82.8 cm³/mol. The molecule has 0 fully saturated rings. The van der Waals surface area contributed by atoms with Crippen LogP contribution in [0.1, 0.15) is 20.7 Å². The van der Waals surface area contributed by atoms with Gasteiger partial charge < -0.3 is 9.84 Å². The molecule has 0 bridgehead atoms. The second kappa shape index (κ2) is 4.86. The van der Waals surface area contributed by atoms with Crippen LogP contribution in [0.5, 0.6) is 11.5 Å². The van der Waals surface area contributed by atoms with E-state index in [0.29, 0.717) is 16.5 Å². The van der Waals surface area contributed by atoms with E-state index in [1.54, 1.807) is 18.2 Å². The molecular formula is C15H8BrClO4. The summed E-state index contributed by atoms with van der Waals surface area (Å²) in [5, 5.41) is 11.4. The minimum Gasteiger partial charge on any atom is -0.506 e. The number of rotatable bonds is 1. The first-order valence-corrected chi connectivity index (χ1v) is 7.11. The van der Waals surface area contributed by atoms with Gasteiger partial charge in [-0.2, -0.15) is 0 Å². The summed E-state index contributed by atoms with van der Waals surface area (Å²) >= 11 is 9.31. The largest absolute Gasteiger partial charge is 0.506 e. The van der Waals surface area contributed by atoms with E-state index < -0.39 is 11.6 Å². The molecule has 106 valence electrons. The highest BCUT2D eigenvalue weighted by atomic mass is 79.9. The number of Topliss-reactive ketones (excluding diaryl/α,β-unsaturated/α-hetero) is 1. The summed E-state index contributed by atoms with van der Waals surface area (Å²) in [6.07, 6.45) is 1.15. The van der Waals surface area contributed by atoms with Crippen molar-refractivity contribution in [1.82, 2.24) is 0 Å². The number of phenolic OH excluding ortho intramolecular Hbond substituents is 1. The molecule has 0 unspecified atom stereocenters. The van der Waals surface area contributed by atoms with Crippen LogP contribution in [0.3, 0.4) is 0 Å². The van der Waals surface area contributed by atoms with Gasteiger partial charge in [0.15, 0.2) is 5.78 Å². The number of benzene rings is 2. The Kier molecular flexibility index (Phi) is 3.26. The van der Waals surface area contributed by atoms with Crippen LogP contribution in [0.15, 0.2) is 28.8 Å². The van der Waals surface area contributed by atoms with Crippen LogP contribution < -0.4 is 4.74 Å². The fourth-order valence-corrected chi connectivity index (χ4v) is 3.19. The molecular weight excluding hydrogens is 360 g/mol. The molecule has 4 nitrogen and oxygen atoms in total. The summed E-state index contributed by atoms with van der Waals surface area (Å²) in [6.45, 7) is 0. The zero-order chi connectivity index (χ0) is 15.3. The van der Waals surface area contributed by atoms with E-state index in [-0.39, 0.29) is 26.4 Å². The minimum atomic E-state index is -0.489. The Morgan fingerprint density at radius 3 is 2.62 bits per heavy atom. The summed E-state index contributed by atoms with van der Waals surface area (Å²) in [6, 6.07) is 5.00. The molecule has 6 heteroatoms. The van der Waals surface area contributed by atoms with Crippen LogP contribution in [0.25, 0.3) is 10.8 Å². The van der Waals surface area contributed by atoms with Gasteiger partial charge in [-0.3, -0.25) is 9.59 Å². The van der Waals surface area contributed by atoms with Gasteiger partial charge in [-0.1, -0.05) is 23.7 Å². The second-order valence-electron chi connectivity index (χ2n) is 4.48. The topological polar surface area (TPSA) is 63.6 Å². The maximum absolute atomic E-state index is 12.3. The fraction of sp³-hybridized carbons (Fsp3) is 0.0667. The van der Waals surface area contributed by atoms with Gasteiger partial charge in [0.25, 0.3) is 0 Å². The second-order valence-corrected chi connectivity index (χ2v) is 5.71. The number of hydrogen-bond acceptors (Lipinski definition) is 4. The van der Waals surface area contributed by atoms with E-state index >= 15 is 0 Å². The molecule has 2 aromatic rings. The fourth-order valence-electron chi connectivity index (χ4n) is 2.44. The van der Waals surface area contributed by atoms with E-state index in [9.17, 15) is 14.7 Å². The number of ether oxygens (including phenoxy) is 1. The lowest BCUT2D eigenvalue weighted by atomic mass is 9.90. The number of carbonyl (C=O) groups is 2. The summed E-state index contributed by atoms with van der Waals surface area (Å²) in [5.41, 5.74) is -0.0838. The van der Waals surface area contributed by atoms with Crippen molar-refractivity contribution < 1.29 is 19.4 Å². The number of carbonyl (C=O) groups excluding carboxylic acids is 2. The Balaban J connectivity index is 2.55. The van der Waals surface area contributed by atoms with Gasteiger partial charge in [-0.25, -0.2) is 0 Å². The van der Waals surface area contributed by atoms with Crippen LogP contribution in [-0.4, -0.2) is 23.8 Å². The highest BCUT2D eigenvalue weighted by Gasteiger charge is 2.32. The van der Waals surface area contributed by atoms with Crippen molar-refractivity contribution in [3.05, 3.63) is 44.9 Å². The molecule has 1 aliphatic carbocycles. The minimum absolute atomic E-state index is 0.0168. The van der Waals surface area contributed by atoms with Gasteiger partial charge in [0.2, 0.25) is 5.78 Å². The smallest absolute Gasteiger partial charge is 0.204 e. The number of ketones is 2. The van der Waals surface area contributed by atoms with Gasteiger partial charge in [-0.05, 0) is 22.0 Å². The number of halogens is 2. The van der Waals surface area contributed by atoms with Gasteiger partial charge in [-0.15, -0.1) is 0 Å². The number of aromatic hydroxyl groups is 1. The van der Waals surface area contributed by atoms with Crippen molar-refractivity contribution in [1.29, 1.82) is 0 Å². The highest BCUT2D eigenvalue weighted by Crippen LogP contribution is 2.45. The normalized spacial score (nSPS) is 14.1. The van der Waals surface area contributed by atoms with Crippen LogP contribution in [0.2, 0.25) is 5.02 Å². The quantitative estimate of drug-likeness (QED) is 0.831. The van der Waals surface area contributed by atoms with Crippen LogP contribution in [0.4, 0.5) is 0 Å². The summed E-state index contributed by atoms with van der Waals surface area (Å²) in [5.74, 6) is -0.843. The average Bonchev–Trinajstić information content (AvgIpc) is 2.47. The molecule has 0 spiro atoms. The lowest BCUT2D eigenvalue weighted by Crippen LogP contribution is -2.15. The van der Waals surface area contributed by atoms with Crippen molar-refractivity contribution in [3.63, 3.8) is 0 Å². The van der Waals surface area contributed by atoms with Gasteiger partial charge >= 0.3 is 0 Å². The summed E-state index contributed by atoms with van der Waals surface area (Å²) in [4.78, 5) is 24.4. The maximum Gasteiger partial charge on any atom is 0.204 e. The van der Waals surface area contributed by atoms with Crippen LogP contribution in [0, 0.1) is 0 Å². The molecule has 0 heterocycles. The first-order valence-electron chi connectivity index (χ1n) is 5.94. The predicted octanol–water partition coefficient (Wildman–Crippen LogP) is 3.87. The van der Waals surface area contributed by atoms with Crippen molar-refractivity contribution >= 4 is 49.9 Å². The number of fused-ring (bicyclic) bond motifs is 2. The maximum atomic E-state index is 12.3. The summed E-state index contributed by atoms with van der Waals surface area (Å²) < 4.78 is 5.29. The Labute approximate surface area is 133 Å². The third-order valence-electron chi connectivity index (χ3n) is 3.37. The Bertz CT molecular complexity index is 855. The molecule has 1 N–H and O–H groups in total. The molecule has 0 radical (unpaired) electrons. The molecule has 3 rings (SSSR count). The molecule has 2 aromatic carbocycles. The van der Waals surface area contributed by atoms with E-state index in [4.69, 9.17) is 16.3 Å².